The number of aliphatic hydroxyl groups excluding tert-OH is 1. The molecule has 6 heteroatoms. The van der Waals surface area contributed by atoms with Crippen LogP contribution in [0.1, 0.15) is 0 Å². The molecular weight excluding hydrogens is 145 g/mol. The Morgan fingerprint density at radius 1 is 1.56 bits per heavy atom. The monoisotopic (exact) mass is 156 g/mol. The van der Waals surface area contributed by atoms with Crippen molar-refractivity contribution in [1.29, 1.82) is 0 Å². The van der Waals surface area contributed by atoms with Gasteiger partial charge in [0.1, 0.15) is 12.6 Å². The van der Waals surface area contributed by atoms with E-state index < -0.39 is 19.9 Å². The predicted octanol–water partition coefficient (Wildman–Crippen LogP) is -2.23. The highest BCUT2D eigenvalue weighted by atomic mass is 31.2. The Bertz CT molecular complexity index is 121. The van der Waals surface area contributed by atoms with Crippen LogP contribution in [0.4, 0.5) is 0 Å². The smallest absolute Gasteiger partial charge is 0.328 e. The normalized spacial score (nSPS) is 15.6. The lowest BCUT2D eigenvalue weighted by atomic mass is 10.4. The third-order valence-electron chi connectivity index (χ3n) is 0.782. The van der Waals surface area contributed by atoms with E-state index in [9.17, 15) is 4.57 Å². The van der Waals surface area contributed by atoms with E-state index in [0.29, 0.717) is 0 Å². The average Bonchev–Trinajstić information content (AvgIpc) is 1.62. The molecule has 0 fully saturated rings. The maximum Gasteiger partial charge on any atom is 0.328 e. The van der Waals surface area contributed by atoms with Crippen LogP contribution in [0.2, 0.25) is 0 Å². The summed E-state index contributed by atoms with van der Waals surface area (Å²) in [6.45, 7) is 0.130. The predicted molar refractivity (Wildman–Crippen MR) is 30.7 cm³/mol. The van der Waals surface area contributed by atoms with Crippen LogP contribution in [0, 0.1) is 0 Å². The zero-order valence-corrected chi connectivity index (χ0v) is 5.79. The summed E-state index contributed by atoms with van der Waals surface area (Å²) in [5, 5.41) is 8.64. The molecule has 0 amide bonds. The maximum absolute atomic E-state index is 10.1. The summed E-state index contributed by atoms with van der Waals surface area (Å²) in [5.41, 5.74) is 3.28. The van der Waals surface area contributed by atoms with Gasteiger partial charge in [-0.15, -0.1) is 0 Å². The summed E-state index contributed by atoms with van der Waals surface area (Å²) in [4.78, 5) is 16.5. The van der Waals surface area contributed by atoms with Gasteiger partial charge in [-0.3, -0.25) is 4.57 Å². The van der Waals surface area contributed by atoms with Crippen molar-refractivity contribution < 1.29 is 25.2 Å². The van der Waals surface area contributed by atoms with Crippen LogP contribution in [0.25, 0.3) is 0 Å². The fraction of sp³-hybridized carbons (Fsp3) is 1.00. The number of quaternary nitrogens is 1. The third kappa shape index (κ3) is 5.95. The molecule has 0 aromatic heterocycles. The van der Waals surface area contributed by atoms with Crippen molar-refractivity contribution in [1.82, 2.24) is 0 Å². The lowest BCUT2D eigenvalue weighted by Crippen LogP contribution is -2.56. The fourth-order valence-electron chi connectivity index (χ4n) is 0.366. The van der Waals surface area contributed by atoms with Gasteiger partial charge < -0.3 is 20.6 Å². The molecule has 6 N–H and O–H groups in total. The molecule has 0 saturated heterocycles. The lowest BCUT2D eigenvalue weighted by Gasteiger charge is -2.05. The Labute approximate surface area is 52.7 Å². The average molecular weight is 156 g/mol. The van der Waals surface area contributed by atoms with E-state index in [1.807, 2.05) is 0 Å². The Balaban J connectivity index is 3.60. The number of hydrogen-bond donors (Lipinski definition) is 4. The van der Waals surface area contributed by atoms with Crippen molar-refractivity contribution in [2.75, 3.05) is 12.7 Å². The van der Waals surface area contributed by atoms with Gasteiger partial charge >= 0.3 is 7.60 Å². The van der Waals surface area contributed by atoms with Crippen LogP contribution in [-0.4, -0.2) is 33.7 Å². The first-order chi connectivity index (χ1) is 3.95. The minimum Gasteiger partial charge on any atom is -0.387 e. The van der Waals surface area contributed by atoms with Crippen molar-refractivity contribution in [3.63, 3.8) is 0 Å². The molecule has 0 saturated carbocycles. The molecule has 0 aliphatic rings. The highest BCUT2D eigenvalue weighted by Crippen LogP contribution is 2.34. The molecule has 0 radical (unpaired) electrons. The molecule has 56 valence electrons. The molecule has 0 aromatic carbocycles. The molecule has 9 heavy (non-hydrogen) atoms. The topological polar surface area (TPSA) is 105 Å². The summed E-state index contributed by atoms with van der Waals surface area (Å²) in [6, 6.07) is 0. The summed E-state index contributed by atoms with van der Waals surface area (Å²) in [5.74, 6) is 0. The van der Waals surface area contributed by atoms with E-state index in [1.54, 1.807) is 0 Å². The van der Waals surface area contributed by atoms with E-state index in [1.165, 1.54) is 0 Å². The minimum atomic E-state index is -4.03. The van der Waals surface area contributed by atoms with Gasteiger partial charge in [0, 0.05) is 0 Å². The molecule has 0 rings (SSSR count). The van der Waals surface area contributed by atoms with E-state index in [4.69, 9.17) is 14.9 Å². The second-order valence-corrected chi connectivity index (χ2v) is 3.48. The van der Waals surface area contributed by atoms with Gasteiger partial charge in [0.25, 0.3) is 0 Å². The van der Waals surface area contributed by atoms with Crippen LogP contribution in [0.3, 0.4) is 0 Å². The van der Waals surface area contributed by atoms with Crippen LogP contribution in [0.5, 0.6) is 0 Å². The van der Waals surface area contributed by atoms with Gasteiger partial charge in [-0.25, -0.2) is 0 Å². The van der Waals surface area contributed by atoms with Crippen molar-refractivity contribution in [2.24, 2.45) is 0 Å². The second-order valence-electron chi connectivity index (χ2n) is 1.79. The lowest BCUT2D eigenvalue weighted by molar-refractivity contribution is -0.382. The van der Waals surface area contributed by atoms with E-state index in [2.05, 4.69) is 5.73 Å². The number of rotatable bonds is 3. The Morgan fingerprint density at radius 2 is 2.00 bits per heavy atom. The number of hydrogen-bond acceptors (Lipinski definition) is 2. The molecule has 1 unspecified atom stereocenters. The molecule has 0 bridgehead atoms. The van der Waals surface area contributed by atoms with E-state index in [-0.39, 0.29) is 6.54 Å². The van der Waals surface area contributed by atoms with Crippen molar-refractivity contribution in [2.45, 2.75) is 6.10 Å². The zero-order valence-electron chi connectivity index (χ0n) is 4.90. The quantitative estimate of drug-likeness (QED) is 0.347. The first-order valence-electron chi connectivity index (χ1n) is 2.47. The molecular formula is C3H11NO4P+. The SMILES string of the molecule is [NH3+]CC(O)CP(=O)(O)O. The maximum atomic E-state index is 10.1. The van der Waals surface area contributed by atoms with Gasteiger partial charge in [0.2, 0.25) is 0 Å². The third-order valence-corrected chi connectivity index (χ3v) is 1.68. The van der Waals surface area contributed by atoms with Crippen LogP contribution < -0.4 is 5.73 Å². The van der Waals surface area contributed by atoms with Gasteiger partial charge in [-0.1, -0.05) is 0 Å². The van der Waals surface area contributed by atoms with E-state index in [0.717, 1.165) is 0 Å². The molecule has 0 aromatic rings. The molecule has 0 aliphatic heterocycles. The van der Waals surface area contributed by atoms with Gasteiger partial charge in [-0.2, -0.15) is 0 Å². The van der Waals surface area contributed by atoms with Gasteiger partial charge in [0.15, 0.2) is 0 Å². The molecule has 0 aliphatic carbocycles. The van der Waals surface area contributed by atoms with Crippen molar-refractivity contribution in [3.05, 3.63) is 0 Å². The van der Waals surface area contributed by atoms with Crippen molar-refractivity contribution >= 4 is 7.60 Å². The number of aliphatic hydroxyl groups is 1. The molecule has 5 nitrogen and oxygen atoms in total. The summed E-state index contributed by atoms with van der Waals surface area (Å²) in [6.07, 6.45) is -1.47. The zero-order chi connectivity index (χ0) is 7.49. The fourth-order valence-corrected chi connectivity index (χ4v) is 1.10. The largest absolute Gasteiger partial charge is 0.387 e. The van der Waals surface area contributed by atoms with Crippen LogP contribution in [0.15, 0.2) is 0 Å². The van der Waals surface area contributed by atoms with Gasteiger partial charge in [0.05, 0.1) is 6.16 Å². The Kier molecular flexibility index (Phi) is 3.32. The van der Waals surface area contributed by atoms with Crippen LogP contribution >= 0.6 is 7.60 Å². The molecule has 0 spiro atoms. The minimum absolute atomic E-state index is 0.130. The standard InChI is InChI=1S/C3H10NO4P/c4-1-3(5)2-9(6,7)8/h3,5H,1-2,4H2,(H2,6,7,8)/p+1. The van der Waals surface area contributed by atoms with Gasteiger partial charge in [-0.05, 0) is 0 Å². The first kappa shape index (κ1) is 9.07. The van der Waals surface area contributed by atoms with E-state index >= 15 is 0 Å². The highest BCUT2D eigenvalue weighted by Gasteiger charge is 2.18. The first-order valence-corrected chi connectivity index (χ1v) is 4.27. The van der Waals surface area contributed by atoms with Crippen molar-refractivity contribution in [3.8, 4) is 0 Å². The second kappa shape index (κ2) is 3.29. The summed E-state index contributed by atoms with van der Waals surface area (Å²) in [7, 11) is -4.03. The summed E-state index contributed by atoms with van der Waals surface area (Å²) >= 11 is 0. The summed E-state index contributed by atoms with van der Waals surface area (Å²) < 4.78 is 10.1. The molecule has 0 heterocycles. The Morgan fingerprint density at radius 3 is 2.11 bits per heavy atom. The Hall–Kier alpha value is 0.0700. The highest BCUT2D eigenvalue weighted by molar-refractivity contribution is 7.51. The van der Waals surface area contributed by atoms with Crippen LogP contribution in [-0.2, 0) is 4.57 Å². The molecule has 1 atom stereocenters.